The Balaban J connectivity index is 1.97. The zero-order valence-corrected chi connectivity index (χ0v) is 16.3. The third-order valence-corrected chi connectivity index (χ3v) is 4.59. The molecule has 0 atom stereocenters. The second-order valence-electron chi connectivity index (χ2n) is 6.05. The molecule has 1 aliphatic rings. The van der Waals surface area contributed by atoms with Crippen molar-refractivity contribution in [3.8, 4) is 0 Å². The maximum atomic E-state index is 12.1. The third-order valence-electron chi connectivity index (χ3n) is 3.18. The Hall–Kier alpha value is -0.500. The molecule has 0 saturated carbocycles. The highest BCUT2D eigenvalue weighted by atomic mass is 127. The number of hydrogen-bond acceptors (Lipinski definition) is 3. The van der Waals surface area contributed by atoms with Crippen LogP contribution in [0.2, 0.25) is 0 Å². The predicted octanol–water partition coefficient (Wildman–Crippen LogP) is 4.11. The van der Waals surface area contributed by atoms with Crippen LogP contribution in [0, 0.1) is 3.57 Å². The maximum absolute atomic E-state index is 12.1. The molecule has 1 aromatic rings. The minimum atomic E-state index is -0.437. The first-order valence-electron chi connectivity index (χ1n) is 6.94. The summed E-state index contributed by atoms with van der Waals surface area (Å²) in [6.07, 6.45) is -0.217. The monoisotopic (exact) mass is 466 g/mol. The summed E-state index contributed by atoms with van der Waals surface area (Å²) in [5.74, 6) is 0. The molecule has 1 amide bonds. The summed E-state index contributed by atoms with van der Waals surface area (Å²) >= 11 is 5.86. The molecule has 0 aromatic heterocycles. The van der Waals surface area contributed by atoms with Crippen molar-refractivity contribution in [1.29, 1.82) is 0 Å². The van der Waals surface area contributed by atoms with Crippen LogP contribution in [0.15, 0.2) is 22.7 Å². The normalized spacial score (nSPS) is 16.0. The molecule has 0 unspecified atom stereocenters. The smallest absolute Gasteiger partial charge is 0.410 e. The molecule has 0 spiro atoms. The van der Waals surface area contributed by atoms with Crippen molar-refractivity contribution in [1.82, 2.24) is 4.90 Å². The number of hydrogen-bond donors (Lipinski definition) is 0. The average molecular weight is 467 g/mol. The molecule has 1 fully saturated rings. The summed E-state index contributed by atoms with van der Waals surface area (Å²) in [4.78, 5) is 16.2. The van der Waals surface area contributed by atoms with Gasteiger partial charge in [0.05, 0.1) is 5.69 Å². The number of carbonyl (C=O) groups excluding carboxylic acids is 1. The van der Waals surface area contributed by atoms with Gasteiger partial charge >= 0.3 is 6.09 Å². The number of anilines is 1. The molecule has 1 aromatic carbocycles. The summed E-state index contributed by atoms with van der Waals surface area (Å²) in [7, 11) is 0. The van der Waals surface area contributed by atoms with Crippen LogP contribution in [-0.2, 0) is 4.74 Å². The molecule has 1 heterocycles. The molecule has 0 bridgehead atoms. The molecule has 2 rings (SSSR count). The van der Waals surface area contributed by atoms with Crippen LogP contribution < -0.4 is 4.90 Å². The van der Waals surface area contributed by atoms with E-state index in [0.29, 0.717) is 13.1 Å². The van der Waals surface area contributed by atoms with Crippen molar-refractivity contribution >= 4 is 50.3 Å². The van der Waals surface area contributed by atoms with E-state index in [1.54, 1.807) is 4.90 Å². The predicted molar refractivity (Wildman–Crippen MR) is 96.9 cm³/mol. The molecule has 4 nitrogen and oxygen atoms in total. The Labute approximate surface area is 148 Å². The SMILES string of the molecule is CC(C)(C)OC(=O)N1CCN(c2cc(Br)ccc2I)CC1. The lowest BCUT2D eigenvalue weighted by Gasteiger charge is -2.37. The topological polar surface area (TPSA) is 32.8 Å². The number of carbonyl (C=O) groups is 1. The Morgan fingerprint density at radius 2 is 1.86 bits per heavy atom. The number of nitrogens with zero attached hydrogens (tertiary/aromatic N) is 2. The molecule has 0 N–H and O–H groups in total. The van der Waals surface area contributed by atoms with E-state index in [9.17, 15) is 4.79 Å². The lowest BCUT2D eigenvalue weighted by Crippen LogP contribution is -2.50. The summed E-state index contributed by atoms with van der Waals surface area (Å²) < 4.78 is 7.72. The van der Waals surface area contributed by atoms with Gasteiger partial charge in [-0.3, -0.25) is 0 Å². The Morgan fingerprint density at radius 3 is 2.43 bits per heavy atom. The molecule has 21 heavy (non-hydrogen) atoms. The van der Waals surface area contributed by atoms with Crippen LogP contribution in [-0.4, -0.2) is 42.8 Å². The van der Waals surface area contributed by atoms with Crippen LogP contribution >= 0.6 is 38.5 Å². The van der Waals surface area contributed by atoms with Gasteiger partial charge in [0.2, 0.25) is 0 Å². The van der Waals surface area contributed by atoms with Crippen molar-refractivity contribution in [3.05, 3.63) is 26.2 Å². The summed E-state index contributed by atoms with van der Waals surface area (Å²) in [6.45, 7) is 8.72. The van der Waals surface area contributed by atoms with Gasteiger partial charge in [-0.15, -0.1) is 0 Å². The van der Waals surface area contributed by atoms with Gasteiger partial charge in [0.15, 0.2) is 0 Å². The zero-order valence-electron chi connectivity index (χ0n) is 12.5. The largest absolute Gasteiger partial charge is 0.444 e. The summed E-state index contributed by atoms with van der Waals surface area (Å²) in [6, 6.07) is 6.27. The molecule has 1 aliphatic heterocycles. The standard InChI is InChI=1S/C15H20BrIN2O2/c1-15(2,3)21-14(20)19-8-6-18(7-9-19)13-10-11(16)4-5-12(13)17/h4-5,10H,6-9H2,1-3H3. The Morgan fingerprint density at radius 1 is 1.24 bits per heavy atom. The van der Waals surface area contributed by atoms with Crippen LogP contribution in [0.5, 0.6) is 0 Å². The molecule has 116 valence electrons. The molecule has 6 heteroatoms. The first kappa shape index (κ1) is 16.9. The van der Waals surface area contributed by atoms with Crippen LogP contribution in [0.4, 0.5) is 10.5 Å². The van der Waals surface area contributed by atoms with Crippen molar-refractivity contribution < 1.29 is 9.53 Å². The summed E-state index contributed by atoms with van der Waals surface area (Å²) in [5.41, 5.74) is 0.780. The second kappa shape index (κ2) is 6.73. The van der Waals surface area contributed by atoms with Crippen LogP contribution in [0.3, 0.4) is 0 Å². The van der Waals surface area contributed by atoms with Gasteiger partial charge < -0.3 is 14.5 Å². The van der Waals surface area contributed by atoms with E-state index in [-0.39, 0.29) is 6.09 Å². The highest BCUT2D eigenvalue weighted by molar-refractivity contribution is 14.1. The van der Waals surface area contributed by atoms with E-state index in [4.69, 9.17) is 4.74 Å². The van der Waals surface area contributed by atoms with Gasteiger partial charge in [-0.2, -0.15) is 0 Å². The lowest BCUT2D eigenvalue weighted by atomic mass is 10.2. The number of rotatable bonds is 1. The highest BCUT2D eigenvalue weighted by Crippen LogP contribution is 2.27. The maximum Gasteiger partial charge on any atom is 0.410 e. The molecular weight excluding hydrogens is 447 g/mol. The molecule has 0 radical (unpaired) electrons. The molecule has 1 saturated heterocycles. The van der Waals surface area contributed by atoms with Gasteiger partial charge in [0.1, 0.15) is 5.60 Å². The van der Waals surface area contributed by atoms with E-state index >= 15 is 0 Å². The first-order chi connectivity index (χ1) is 9.76. The van der Waals surface area contributed by atoms with Gasteiger partial charge in [0, 0.05) is 34.2 Å². The number of piperazine rings is 1. The highest BCUT2D eigenvalue weighted by Gasteiger charge is 2.26. The third kappa shape index (κ3) is 4.74. The fourth-order valence-corrected chi connectivity index (χ4v) is 3.21. The quantitative estimate of drug-likeness (QED) is 0.584. The van der Waals surface area contributed by atoms with Crippen molar-refractivity contribution in [2.24, 2.45) is 0 Å². The van der Waals surface area contributed by atoms with Crippen LogP contribution in [0.1, 0.15) is 20.8 Å². The lowest BCUT2D eigenvalue weighted by molar-refractivity contribution is 0.0240. The van der Waals surface area contributed by atoms with Crippen LogP contribution in [0.25, 0.3) is 0 Å². The van der Waals surface area contributed by atoms with E-state index in [1.807, 2.05) is 26.8 Å². The molecule has 0 aliphatic carbocycles. The first-order valence-corrected chi connectivity index (χ1v) is 8.81. The fraction of sp³-hybridized carbons (Fsp3) is 0.533. The summed E-state index contributed by atoms with van der Waals surface area (Å²) in [5, 5.41) is 0. The van der Waals surface area contributed by atoms with E-state index in [0.717, 1.165) is 17.6 Å². The Bertz CT molecular complexity index is 523. The molecular formula is C15H20BrIN2O2. The minimum Gasteiger partial charge on any atom is -0.444 e. The van der Waals surface area contributed by atoms with Crippen molar-refractivity contribution in [2.75, 3.05) is 31.1 Å². The van der Waals surface area contributed by atoms with Gasteiger partial charge in [0.25, 0.3) is 0 Å². The number of ether oxygens (including phenoxy) is 1. The van der Waals surface area contributed by atoms with E-state index < -0.39 is 5.60 Å². The van der Waals surface area contributed by atoms with E-state index in [1.165, 1.54) is 9.26 Å². The zero-order chi connectivity index (χ0) is 15.6. The number of amides is 1. The van der Waals surface area contributed by atoms with Crippen molar-refractivity contribution in [3.63, 3.8) is 0 Å². The van der Waals surface area contributed by atoms with E-state index in [2.05, 4.69) is 55.6 Å². The fourth-order valence-electron chi connectivity index (χ4n) is 2.18. The van der Waals surface area contributed by atoms with Gasteiger partial charge in [-0.1, -0.05) is 15.9 Å². The minimum absolute atomic E-state index is 0.217. The van der Waals surface area contributed by atoms with Gasteiger partial charge in [-0.05, 0) is 61.6 Å². The van der Waals surface area contributed by atoms with Gasteiger partial charge in [-0.25, -0.2) is 4.79 Å². The average Bonchev–Trinajstić information content (AvgIpc) is 2.40. The number of halogens is 2. The second-order valence-corrected chi connectivity index (χ2v) is 8.13. The van der Waals surface area contributed by atoms with Crippen molar-refractivity contribution in [2.45, 2.75) is 26.4 Å². The Kier molecular flexibility index (Phi) is 5.40. The number of benzene rings is 1.